The molecular formula is C14H13N3O2S. The molecular weight excluding hydrogens is 274 g/mol. The van der Waals surface area contributed by atoms with Crippen LogP contribution in [-0.2, 0) is 4.84 Å². The zero-order valence-electron chi connectivity index (χ0n) is 11.1. The molecule has 0 unspecified atom stereocenters. The van der Waals surface area contributed by atoms with Gasteiger partial charge < -0.3 is 0 Å². The number of nitrogens with zero attached hydrogens (tertiary/aromatic N) is 2. The van der Waals surface area contributed by atoms with Gasteiger partial charge in [-0.1, -0.05) is 18.2 Å². The highest BCUT2D eigenvalue weighted by Crippen LogP contribution is 2.30. The third-order valence-electron chi connectivity index (χ3n) is 2.96. The monoisotopic (exact) mass is 287 g/mol. The van der Waals surface area contributed by atoms with Gasteiger partial charge in [0.2, 0.25) is 0 Å². The van der Waals surface area contributed by atoms with Crippen molar-refractivity contribution in [1.82, 2.24) is 15.3 Å². The van der Waals surface area contributed by atoms with Crippen LogP contribution in [0.25, 0.3) is 15.9 Å². The number of aromatic nitrogens is 2. The molecule has 3 aromatic rings. The van der Waals surface area contributed by atoms with Crippen LogP contribution in [-0.4, -0.2) is 22.8 Å². The number of aryl methyl sites for hydroxylation is 1. The van der Waals surface area contributed by atoms with E-state index in [0.717, 1.165) is 21.6 Å². The molecule has 2 heterocycles. The number of hydrogen-bond acceptors (Lipinski definition) is 4. The normalized spacial score (nSPS) is 10.9. The van der Waals surface area contributed by atoms with E-state index < -0.39 is 0 Å². The summed E-state index contributed by atoms with van der Waals surface area (Å²) in [5.41, 5.74) is 4.21. The van der Waals surface area contributed by atoms with E-state index in [1.165, 1.54) is 18.4 Å². The maximum absolute atomic E-state index is 11.8. The third-order valence-corrected chi connectivity index (χ3v) is 4.07. The largest absolute Gasteiger partial charge is 0.284 e. The van der Waals surface area contributed by atoms with Crippen LogP contribution in [0.5, 0.6) is 0 Å². The second kappa shape index (κ2) is 5.07. The molecule has 1 aromatic carbocycles. The fourth-order valence-electron chi connectivity index (χ4n) is 2.05. The lowest BCUT2D eigenvalue weighted by Gasteiger charge is -2.01. The molecule has 1 N–H and O–H groups in total. The van der Waals surface area contributed by atoms with E-state index in [9.17, 15) is 4.79 Å². The van der Waals surface area contributed by atoms with Crippen molar-refractivity contribution in [3.8, 4) is 5.69 Å². The summed E-state index contributed by atoms with van der Waals surface area (Å²) in [6.07, 6.45) is 0. The van der Waals surface area contributed by atoms with E-state index in [1.54, 1.807) is 0 Å². The number of amides is 1. The highest BCUT2D eigenvalue weighted by molar-refractivity contribution is 7.20. The number of para-hydroxylation sites is 1. The lowest BCUT2D eigenvalue weighted by Crippen LogP contribution is -2.20. The van der Waals surface area contributed by atoms with Gasteiger partial charge in [0.1, 0.15) is 4.83 Å². The van der Waals surface area contributed by atoms with E-state index >= 15 is 0 Å². The van der Waals surface area contributed by atoms with E-state index in [4.69, 9.17) is 0 Å². The Hall–Kier alpha value is -2.18. The molecule has 0 radical (unpaired) electrons. The van der Waals surface area contributed by atoms with Crippen molar-refractivity contribution >= 4 is 27.5 Å². The van der Waals surface area contributed by atoms with Crippen LogP contribution in [0.3, 0.4) is 0 Å². The Balaban J connectivity index is 2.13. The molecule has 20 heavy (non-hydrogen) atoms. The number of carbonyl (C=O) groups is 1. The van der Waals surface area contributed by atoms with Crippen LogP contribution in [0.4, 0.5) is 0 Å². The summed E-state index contributed by atoms with van der Waals surface area (Å²) in [5, 5.41) is 5.52. The average Bonchev–Trinajstić information content (AvgIpc) is 3.01. The van der Waals surface area contributed by atoms with Crippen molar-refractivity contribution in [2.24, 2.45) is 0 Å². The second-order valence-corrected chi connectivity index (χ2v) is 5.33. The maximum Gasteiger partial charge on any atom is 0.284 e. The van der Waals surface area contributed by atoms with Crippen molar-refractivity contribution < 1.29 is 9.63 Å². The predicted octanol–water partition coefficient (Wildman–Crippen LogP) is 2.69. The molecule has 0 saturated heterocycles. The summed E-state index contributed by atoms with van der Waals surface area (Å²) in [6.45, 7) is 1.94. The molecule has 6 heteroatoms. The van der Waals surface area contributed by atoms with Gasteiger partial charge >= 0.3 is 0 Å². The van der Waals surface area contributed by atoms with Gasteiger partial charge in [0.25, 0.3) is 5.91 Å². The lowest BCUT2D eigenvalue weighted by atomic mass is 10.3. The van der Waals surface area contributed by atoms with Gasteiger partial charge in [0.15, 0.2) is 0 Å². The van der Waals surface area contributed by atoms with E-state index in [-0.39, 0.29) is 5.91 Å². The number of benzene rings is 1. The topological polar surface area (TPSA) is 56.1 Å². The summed E-state index contributed by atoms with van der Waals surface area (Å²) in [5.74, 6) is -0.243. The Morgan fingerprint density at radius 3 is 2.80 bits per heavy atom. The number of hydroxylamine groups is 1. The van der Waals surface area contributed by atoms with Gasteiger partial charge in [-0.15, -0.1) is 11.3 Å². The summed E-state index contributed by atoms with van der Waals surface area (Å²) in [4.78, 5) is 18.0. The molecule has 5 nitrogen and oxygen atoms in total. The molecule has 0 aliphatic heterocycles. The molecule has 3 rings (SSSR count). The molecule has 1 amide bonds. The number of hydrogen-bond donors (Lipinski definition) is 1. The summed E-state index contributed by atoms with van der Waals surface area (Å²) in [7, 11) is 1.42. The van der Waals surface area contributed by atoms with E-state index in [1.807, 2.05) is 48.0 Å². The van der Waals surface area contributed by atoms with Crippen LogP contribution >= 0.6 is 11.3 Å². The standard InChI is InChI=1S/C14H13N3O2S/c1-9-11-8-12(13(18)16-19-2)20-14(11)17(15-9)10-6-4-3-5-7-10/h3-8H,1-2H3,(H,16,18). The van der Waals surface area contributed by atoms with Crippen LogP contribution in [0.2, 0.25) is 0 Å². The minimum Gasteiger partial charge on any atom is -0.277 e. The Morgan fingerprint density at radius 2 is 2.10 bits per heavy atom. The molecule has 0 aliphatic rings. The number of rotatable bonds is 3. The average molecular weight is 287 g/mol. The van der Waals surface area contributed by atoms with E-state index in [2.05, 4.69) is 15.4 Å². The molecule has 0 spiro atoms. The second-order valence-electron chi connectivity index (χ2n) is 4.30. The fraction of sp³-hybridized carbons (Fsp3) is 0.143. The minimum absolute atomic E-state index is 0.243. The van der Waals surface area contributed by atoms with Crippen molar-refractivity contribution in [2.45, 2.75) is 6.92 Å². The SMILES string of the molecule is CONC(=O)c1cc2c(C)nn(-c3ccccc3)c2s1. The van der Waals surface area contributed by atoms with Crippen LogP contribution in [0.1, 0.15) is 15.4 Å². The smallest absolute Gasteiger partial charge is 0.277 e. The first-order chi connectivity index (χ1) is 9.70. The Labute approximate surface area is 119 Å². The zero-order valence-corrected chi connectivity index (χ0v) is 11.9. The van der Waals surface area contributed by atoms with Crippen molar-refractivity contribution in [2.75, 3.05) is 7.11 Å². The summed E-state index contributed by atoms with van der Waals surface area (Å²) < 4.78 is 1.86. The molecule has 0 aliphatic carbocycles. The van der Waals surface area contributed by atoms with Gasteiger partial charge in [-0.3, -0.25) is 9.63 Å². The quantitative estimate of drug-likeness (QED) is 0.753. The Kier molecular flexibility index (Phi) is 3.25. The van der Waals surface area contributed by atoms with Crippen molar-refractivity contribution in [3.05, 3.63) is 47.0 Å². The maximum atomic E-state index is 11.8. The predicted molar refractivity (Wildman–Crippen MR) is 78.2 cm³/mol. The fourth-order valence-corrected chi connectivity index (χ4v) is 3.12. The van der Waals surface area contributed by atoms with Gasteiger partial charge in [0, 0.05) is 5.39 Å². The molecule has 0 atom stereocenters. The number of thiophene rings is 1. The number of carbonyl (C=O) groups excluding carboxylic acids is 1. The Bertz CT molecular complexity index is 761. The van der Waals surface area contributed by atoms with Crippen LogP contribution < -0.4 is 5.48 Å². The Morgan fingerprint density at radius 1 is 1.35 bits per heavy atom. The van der Waals surface area contributed by atoms with Gasteiger partial charge in [0.05, 0.1) is 23.4 Å². The van der Waals surface area contributed by atoms with E-state index in [0.29, 0.717) is 4.88 Å². The molecule has 0 saturated carbocycles. The number of fused-ring (bicyclic) bond motifs is 1. The lowest BCUT2D eigenvalue weighted by molar-refractivity contribution is 0.0542. The first-order valence-electron chi connectivity index (χ1n) is 6.08. The molecule has 102 valence electrons. The minimum atomic E-state index is -0.243. The molecule has 0 fully saturated rings. The highest BCUT2D eigenvalue weighted by atomic mass is 32.1. The third kappa shape index (κ3) is 2.09. The van der Waals surface area contributed by atoms with Gasteiger partial charge in [-0.05, 0) is 25.1 Å². The molecule has 2 aromatic heterocycles. The highest BCUT2D eigenvalue weighted by Gasteiger charge is 2.16. The number of nitrogens with one attached hydrogen (secondary N) is 1. The van der Waals surface area contributed by atoms with Crippen LogP contribution in [0, 0.1) is 6.92 Å². The van der Waals surface area contributed by atoms with Crippen molar-refractivity contribution in [3.63, 3.8) is 0 Å². The summed E-state index contributed by atoms with van der Waals surface area (Å²) >= 11 is 1.40. The van der Waals surface area contributed by atoms with Gasteiger partial charge in [-0.2, -0.15) is 5.10 Å². The zero-order chi connectivity index (χ0) is 14.1. The molecule has 0 bridgehead atoms. The first-order valence-corrected chi connectivity index (χ1v) is 6.90. The van der Waals surface area contributed by atoms with Gasteiger partial charge in [-0.25, -0.2) is 10.2 Å². The first kappa shape index (κ1) is 12.8. The summed E-state index contributed by atoms with van der Waals surface area (Å²) in [6, 6.07) is 11.7. The van der Waals surface area contributed by atoms with Crippen LogP contribution in [0.15, 0.2) is 36.4 Å². The van der Waals surface area contributed by atoms with Crippen molar-refractivity contribution in [1.29, 1.82) is 0 Å².